The Kier molecular flexibility index (Phi) is 2.17. The molecular weight excluding hydrogens is 202 g/mol. The molecule has 1 aliphatic carbocycles. The van der Waals surface area contributed by atoms with Crippen molar-refractivity contribution in [2.45, 2.75) is 13.0 Å². The summed E-state index contributed by atoms with van der Waals surface area (Å²) in [5, 5.41) is 6.41. The summed E-state index contributed by atoms with van der Waals surface area (Å²) in [6.45, 7) is 3.95. The molecule has 4 nitrogen and oxygen atoms in total. The zero-order valence-corrected chi connectivity index (χ0v) is 9.23. The van der Waals surface area contributed by atoms with Gasteiger partial charge in [-0.2, -0.15) is 0 Å². The molecule has 2 heterocycles. The Morgan fingerprint density at radius 1 is 1.50 bits per heavy atom. The first kappa shape index (κ1) is 9.78. The van der Waals surface area contributed by atoms with Crippen LogP contribution in [0.4, 0.5) is 0 Å². The fourth-order valence-electron chi connectivity index (χ4n) is 2.59. The molecule has 16 heavy (non-hydrogen) atoms. The van der Waals surface area contributed by atoms with Crippen molar-refractivity contribution >= 4 is 5.91 Å². The third kappa shape index (κ3) is 1.50. The predicted molar refractivity (Wildman–Crippen MR) is 60.1 cm³/mol. The average Bonchev–Trinajstić information content (AvgIpc) is 2.75. The molecule has 0 bridgehead atoms. The van der Waals surface area contributed by atoms with E-state index in [0.29, 0.717) is 23.4 Å². The number of nitrogens with zero attached hydrogens (tertiary/aromatic N) is 1. The van der Waals surface area contributed by atoms with Gasteiger partial charge in [0, 0.05) is 31.0 Å². The Bertz CT molecular complexity index is 422. The maximum atomic E-state index is 12.0. The molecule has 2 unspecified atom stereocenters. The van der Waals surface area contributed by atoms with Gasteiger partial charge >= 0.3 is 0 Å². The van der Waals surface area contributed by atoms with Crippen LogP contribution in [-0.2, 0) is 0 Å². The number of nitrogens with one attached hydrogen (secondary N) is 2. The van der Waals surface area contributed by atoms with E-state index in [9.17, 15) is 4.79 Å². The van der Waals surface area contributed by atoms with Crippen molar-refractivity contribution < 1.29 is 4.79 Å². The van der Waals surface area contributed by atoms with E-state index < -0.39 is 0 Å². The van der Waals surface area contributed by atoms with E-state index in [1.165, 1.54) is 0 Å². The maximum absolute atomic E-state index is 12.0. The summed E-state index contributed by atoms with van der Waals surface area (Å²) < 4.78 is 0. The number of amides is 1. The summed E-state index contributed by atoms with van der Waals surface area (Å²) in [5.41, 5.74) is 1.49. The number of aromatic nitrogens is 1. The number of piperidine rings is 1. The molecule has 0 spiro atoms. The van der Waals surface area contributed by atoms with Crippen molar-refractivity contribution in [3.8, 4) is 0 Å². The SMILES string of the molecule is Cc1ncccc1C(=O)NC1C2CNCC21. The highest BCUT2D eigenvalue weighted by atomic mass is 16.1. The summed E-state index contributed by atoms with van der Waals surface area (Å²) >= 11 is 0. The minimum Gasteiger partial charge on any atom is -0.349 e. The van der Waals surface area contributed by atoms with Gasteiger partial charge in [0.1, 0.15) is 0 Å². The lowest BCUT2D eigenvalue weighted by Crippen LogP contribution is -2.32. The molecule has 1 saturated heterocycles. The number of hydrogen-bond acceptors (Lipinski definition) is 3. The minimum atomic E-state index is 0.0185. The minimum absolute atomic E-state index is 0.0185. The van der Waals surface area contributed by atoms with Crippen LogP contribution in [0.25, 0.3) is 0 Å². The lowest BCUT2D eigenvalue weighted by Gasteiger charge is -2.08. The highest BCUT2D eigenvalue weighted by Crippen LogP contribution is 2.41. The van der Waals surface area contributed by atoms with Gasteiger partial charge in [-0.05, 0) is 30.9 Å². The van der Waals surface area contributed by atoms with Crippen LogP contribution in [0.3, 0.4) is 0 Å². The molecule has 1 aromatic rings. The van der Waals surface area contributed by atoms with Crippen LogP contribution < -0.4 is 10.6 Å². The van der Waals surface area contributed by atoms with E-state index in [1.807, 2.05) is 13.0 Å². The van der Waals surface area contributed by atoms with Crippen LogP contribution in [0, 0.1) is 18.8 Å². The topological polar surface area (TPSA) is 54.0 Å². The molecule has 2 fully saturated rings. The summed E-state index contributed by atoms with van der Waals surface area (Å²) in [4.78, 5) is 16.1. The number of carbonyl (C=O) groups excluding carboxylic acids is 1. The van der Waals surface area contributed by atoms with Crippen molar-refractivity contribution in [2.24, 2.45) is 11.8 Å². The molecule has 0 radical (unpaired) electrons. The van der Waals surface area contributed by atoms with Crippen LogP contribution in [-0.4, -0.2) is 30.0 Å². The number of hydrogen-bond donors (Lipinski definition) is 2. The van der Waals surface area contributed by atoms with E-state index in [0.717, 1.165) is 18.8 Å². The van der Waals surface area contributed by atoms with Crippen molar-refractivity contribution in [3.05, 3.63) is 29.6 Å². The Balaban J connectivity index is 1.68. The third-order valence-corrected chi connectivity index (χ3v) is 3.64. The fourth-order valence-corrected chi connectivity index (χ4v) is 2.59. The van der Waals surface area contributed by atoms with Crippen LogP contribution in [0.5, 0.6) is 0 Å². The highest BCUT2D eigenvalue weighted by molar-refractivity contribution is 5.95. The maximum Gasteiger partial charge on any atom is 0.253 e. The number of pyridine rings is 1. The second-order valence-electron chi connectivity index (χ2n) is 4.62. The van der Waals surface area contributed by atoms with Crippen LogP contribution in [0.1, 0.15) is 16.1 Å². The van der Waals surface area contributed by atoms with Gasteiger partial charge in [-0.25, -0.2) is 0 Å². The molecule has 1 aliphatic heterocycles. The van der Waals surface area contributed by atoms with Gasteiger partial charge in [-0.1, -0.05) is 0 Å². The lowest BCUT2D eigenvalue weighted by atomic mass is 10.2. The lowest BCUT2D eigenvalue weighted by molar-refractivity contribution is 0.0945. The predicted octanol–water partition coefficient (Wildman–Crippen LogP) is 0.338. The van der Waals surface area contributed by atoms with Gasteiger partial charge in [0.05, 0.1) is 5.56 Å². The molecule has 2 N–H and O–H groups in total. The van der Waals surface area contributed by atoms with Gasteiger partial charge in [-0.3, -0.25) is 9.78 Å². The first-order valence-corrected chi connectivity index (χ1v) is 5.70. The number of fused-ring (bicyclic) bond motifs is 1. The Labute approximate surface area is 94.5 Å². The molecule has 0 aromatic carbocycles. The second kappa shape index (κ2) is 3.56. The average molecular weight is 217 g/mol. The van der Waals surface area contributed by atoms with E-state index in [-0.39, 0.29) is 5.91 Å². The summed E-state index contributed by atoms with van der Waals surface area (Å²) in [5.74, 6) is 1.33. The standard InChI is InChI=1S/C12H15N3O/c1-7-8(3-2-4-14-7)12(16)15-11-9-5-13-6-10(9)11/h2-4,9-11,13H,5-6H2,1H3,(H,15,16). The highest BCUT2D eigenvalue weighted by Gasteiger charge is 2.53. The number of rotatable bonds is 2. The number of carbonyl (C=O) groups is 1. The molecule has 84 valence electrons. The molecule has 3 rings (SSSR count). The Morgan fingerprint density at radius 3 is 2.94 bits per heavy atom. The molecule has 4 heteroatoms. The van der Waals surface area contributed by atoms with Crippen LogP contribution in [0.2, 0.25) is 0 Å². The summed E-state index contributed by atoms with van der Waals surface area (Å²) in [7, 11) is 0. The van der Waals surface area contributed by atoms with Crippen LogP contribution >= 0.6 is 0 Å². The third-order valence-electron chi connectivity index (χ3n) is 3.64. The van der Waals surface area contributed by atoms with Gasteiger partial charge in [-0.15, -0.1) is 0 Å². The molecule has 2 aliphatic rings. The monoisotopic (exact) mass is 217 g/mol. The quantitative estimate of drug-likeness (QED) is 0.751. The van der Waals surface area contributed by atoms with E-state index >= 15 is 0 Å². The zero-order chi connectivity index (χ0) is 11.1. The van der Waals surface area contributed by atoms with Crippen molar-refractivity contribution in [3.63, 3.8) is 0 Å². The van der Waals surface area contributed by atoms with Crippen molar-refractivity contribution in [2.75, 3.05) is 13.1 Å². The zero-order valence-electron chi connectivity index (χ0n) is 9.23. The van der Waals surface area contributed by atoms with E-state index in [4.69, 9.17) is 0 Å². The largest absolute Gasteiger partial charge is 0.349 e. The molecular formula is C12H15N3O. The van der Waals surface area contributed by atoms with Gasteiger partial charge in [0.25, 0.3) is 5.91 Å². The van der Waals surface area contributed by atoms with Crippen molar-refractivity contribution in [1.29, 1.82) is 0 Å². The molecule has 1 saturated carbocycles. The fraction of sp³-hybridized carbons (Fsp3) is 0.500. The summed E-state index contributed by atoms with van der Waals surface area (Å²) in [6.07, 6.45) is 1.71. The van der Waals surface area contributed by atoms with E-state index in [2.05, 4.69) is 15.6 Å². The Hall–Kier alpha value is -1.42. The molecule has 1 aromatic heterocycles. The molecule has 1 amide bonds. The summed E-state index contributed by atoms with van der Waals surface area (Å²) in [6, 6.07) is 4.01. The van der Waals surface area contributed by atoms with Gasteiger partial charge in [0.15, 0.2) is 0 Å². The van der Waals surface area contributed by atoms with E-state index in [1.54, 1.807) is 12.3 Å². The van der Waals surface area contributed by atoms with Crippen LogP contribution in [0.15, 0.2) is 18.3 Å². The normalized spacial score (nSPS) is 30.9. The van der Waals surface area contributed by atoms with Gasteiger partial charge < -0.3 is 10.6 Å². The number of aryl methyl sites for hydroxylation is 1. The van der Waals surface area contributed by atoms with Crippen molar-refractivity contribution in [1.82, 2.24) is 15.6 Å². The first-order chi connectivity index (χ1) is 7.77. The van der Waals surface area contributed by atoms with Gasteiger partial charge in [0.2, 0.25) is 0 Å². The molecule has 2 atom stereocenters. The first-order valence-electron chi connectivity index (χ1n) is 5.70. The Morgan fingerprint density at radius 2 is 2.25 bits per heavy atom. The second-order valence-corrected chi connectivity index (χ2v) is 4.62. The smallest absolute Gasteiger partial charge is 0.253 e.